The zero-order chi connectivity index (χ0) is 10.7. The zero-order valence-corrected chi connectivity index (χ0v) is 9.05. The van der Waals surface area contributed by atoms with E-state index in [1.54, 1.807) is 0 Å². The van der Waals surface area contributed by atoms with E-state index in [1.165, 1.54) is 5.37 Å². The molecule has 0 amide bonds. The molecule has 4 nitrogen and oxygen atoms in total. The minimum absolute atomic E-state index is 0.213. The van der Waals surface area contributed by atoms with E-state index in [-0.39, 0.29) is 18.7 Å². The van der Waals surface area contributed by atoms with Gasteiger partial charge in [-0.05, 0) is 12.8 Å². The summed E-state index contributed by atoms with van der Waals surface area (Å²) in [6, 6.07) is 0. The van der Waals surface area contributed by atoms with Gasteiger partial charge in [0.05, 0.1) is 6.61 Å². The molecule has 0 bridgehead atoms. The van der Waals surface area contributed by atoms with Crippen LogP contribution in [0.5, 0.6) is 0 Å². The SMILES string of the molecule is O=C1OCC(C=S)=C1OC1CCCCO1. The number of cyclic esters (lactones) is 1. The van der Waals surface area contributed by atoms with Crippen molar-refractivity contribution in [3.8, 4) is 0 Å². The van der Waals surface area contributed by atoms with Crippen LogP contribution in [0, 0.1) is 0 Å². The van der Waals surface area contributed by atoms with Crippen LogP contribution < -0.4 is 0 Å². The van der Waals surface area contributed by atoms with Gasteiger partial charge in [0.1, 0.15) is 6.61 Å². The summed E-state index contributed by atoms with van der Waals surface area (Å²) < 4.78 is 15.6. The maximum atomic E-state index is 11.3. The predicted molar refractivity (Wildman–Crippen MR) is 56.3 cm³/mol. The Hall–Kier alpha value is -0.940. The van der Waals surface area contributed by atoms with Gasteiger partial charge in [0, 0.05) is 17.4 Å². The molecule has 0 radical (unpaired) electrons. The molecule has 2 aliphatic rings. The lowest BCUT2D eigenvalue weighted by atomic mass is 10.2. The van der Waals surface area contributed by atoms with E-state index in [2.05, 4.69) is 0 Å². The molecule has 0 aromatic heterocycles. The van der Waals surface area contributed by atoms with E-state index >= 15 is 0 Å². The maximum Gasteiger partial charge on any atom is 0.374 e. The Bertz CT molecular complexity index is 305. The molecule has 1 unspecified atom stereocenters. The summed E-state index contributed by atoms with van der Waals surface area (Å²) in [6.07, 6.45) is 2.58. The van der Waals surface area contributed by atoms with Crippen molar-refractivity contribution in [1.29, 1.82) is 0 Å². The van der Waals surface area contributed by atoms with Gasteiger partial charge in [0.25, 0.3) is 0 Å². The standard InChI is InChI=1S/C10H12O4S/c11-10-9(7(6-15)5-13-10)14-8-3-1-2-4-12-8/h6,8H,1-5H2. The van der Waals surface area contributed by atoms with Crippen LogP contribution in [0.2, 0.25) is 0 Å². The first-order valence-electron chi connectivity index (χ1n) is 4.95. The number of hydrogen-bond acceptors (Lipinski definition) is 5. The number of ether oxygens (including phenoxy) is 3. The Labute approximate surface area is 93.2 Å². The highest BCUT2D eigenvalue weighted by atomic mass is 32.1. The largest absolute Gasteiger partial charge is 0.457 e. The Balaban J connectivity index is 2.02. The molecule has 0 aromatic rings. The summed E-state index contributed by atoms with van der Waals surface area (Å²) in [6.45, 7) is 0.893. The summed E-state index contributed by atoms with van der Waals surface area (Å²) >= 11 is 4.77. The monoisotopic (exact) mass is 228 g/mol. The molecule has 1 atom stereocenters. The molecule has 0 aliphatic carbocycles. The van der Waals surface area contributed by atoms with Crippen LogP contribution in [0.15, 0.2) is 11.3 Å². The van der Waals surface area contributed by atoms with Crippen molar-refractivity contribution in [1.82, 2.24) is 0 Å². The van der Waals surface area contributed by atoms with E-state index in [0.717, 1.165) is 19.3 Å². The first kappa shape index (κ1) is 10.6. The summed E-state index contributed by atoms with van der Waals surface area (Å²) in [7, 11) is 0. The fourth-order valence-electron chi connectivity index (χ4n) is 1.55. The van der Waals surface area contributed by atoms with Crippen LogP contribution in [0.1, 0.15) is 19.3 Å². The number of carbonyl (C=O) groups excluding carboxylic acids is 1. The summed E-state index contributed by atoms with van der Waals surface area (Å²) in [4.78, 5) is 11.3. The molecule has 0 aromatic carbocycles. The van der Waals surface area contributed by atoms with E-state index in [4.69, 9.17) is 26.4 Å². The van der Waals surface area contributed by atoms with Crippen molar-refractivity contribution in [3.63, 3.8) is 0 Å². The van der Waals surface area contributed by atoms with Gasteiger partial charge in [-0.25, -0.2) is 4.79 Å². The number of rotatable bonds is 3. The quantitative estimate of drug-likeness (QED) is 0.539. The second-order valence-electron chi connectivity index (χ2n) is 3.46. The van der Waals surface area contributed by atoms with E-state index < -0.39 is 5.97 Å². The van der Waals surface area contributed by atoms with Gasteiger partial charge >= 0.3 is 5.97 Å². The highest BCUT2D eigenvalue weighted by molar-refractivity contribution is 7.79. The Kier molecular flexibility index (Phi) is 3.33. The summed E-state index contributed by atoms with van der Waals surface area (Å²) in [5.41, 5.74) is 0.629. The highest BCUT2D eigenvalue weighted by Crippen LogP contribution is 2.22. The lowest BCUT2D eigenvalue weighted by Crippen LogP contribution is -2.23. The molecule has 2 heterocycles. The van der Waals surface area contributed by atoms with Crippen molar-refractivity contribution in [3.05, 3.63) is 11.3 Å². The van der Waals surface area contributed by atoms with Crippen LogP contribution >= 0.6 is 12.2 Å². The number of hydrogen-bond donors (Lipinski definition) is 0. The van der Waals surface area contributed by atoms with E-state index in [0.29, 0.717) is 12.2 Å². The average Bonchev–Trinajstić information content (AvgIpc) is 2.62. The van der Waals surface area contributed by atoms with Gasteiger partial charge in [-0.3, -0.25) is 0 Å². The minimum Gasteiger partial charge on any atom is -0.457 e. The lowest BCUT2D eigenvalue weighted by molar-refractivity contribution is -0.159. The Morgan fingerprint density at radius 1 is 1.47 bits per heavy atom. The summed E-state index contributed by atoms with van der Waals surface area (Å²) in [5.74, 6) is -0.225. The fourth-order valence-corrected chi connectivity index (χ4v) is 1.73. The molecule has 0 spiro atoms. The molecule has 5 heteroatoms. The highest BCUT2D eigenvalue weighted by Gasteiger charge is 2.28. The topological polar surface area (TPSA) is 44.8 Å². The third kappa shape index (κ3) is 2.35. The van der Waals surface area contributed by atoms with Crippen molar-refractivity contribution in [2.24, 2.45) is 0 Å². The molecule has 2 rings (SSSR count). The Morgan fingerprint density at radius 2 is 2.33 bits per heavy atom. The van der Waals surface area contributed by atoms with Crippen LogP contribution in [0.3, 0.4) is 0 Å². The third-order valence-electron chi connectivity index (χ3n) is 2.37. The van der Waals surface area contributed by atoms with Crippen molar-refractivity contribution in [2.45, 2.75) is 25.6 Å². The lowest BCUT2D eigenvalue weighted by Gasteiger charge is -2.23. The van der Waals surface area contributed by atoms with Gasteiger partial charge in [-0.15, -0.1) is 0 Å². The van der Waals surface area contributed by atoms with Crippen LogP contribution in [0.4, 0.5) is 0 Å². The van der Waals surface area contributed by atoms with Gasteiger partial charge in [-0.1, -0.05) is 12.2 Å². The normalized spacial score (nSPS) is 26.4. The molecule has 0 saturated carbocycles. The van der Waals surface area contributed by atoms with Crippen LogP contribution in [0.25, 0.3) is 0 Å². The average molecular weight is 228 g/mol. The Morgan fingerprint density at radius 3 is 3.00 bits per heavy atom. The molecule has 0 N–H and O–H groups in total. The van der Waals surface area contributed by atoms with E-state index in [9.17, 15) is 4.79 Å². The summed E-state index contributed by atoms with van der Waals surface area (Å²) in [5, 5.41) is 1.42. The van der Waals surface area contributed by atoms with E-state index in [1.807, 2.05) is 0 Å². The first-order chi connectivity index (χ1) is 7.31. The fraction of sp³-hybridized carbons (Fsp3) is 0.600. The van der Waals surface area contributed by atoms with Crippen molar-refractivity contribution >= 4 is 23.6 Å². The van der Waals surface area contributed by atoms with Gasteiger partial charge in [0.15, 0.2) is 6.29 Å². The predicted octanol–water partition coefficient (Wildman–Crippen LogP) is 1.34. The molecule has 15 heavy (non-hydrogen) atoms. The molecular formula is C10H12O4S. The zero-order valence-electron chi connectivity index (χ0n) is 8.23. The number of carbonyl (C=O) groups is 1. The molecule has 2 aliphatic heterocycles. The first-order valence-corrected chi connectivity index (χ1v) is 5.42. The number of esters is 1. The van der Waals surface area contributed by atoms with Crippen LogP contribution in [-0.2, 0) is 19.0 Å². The van der Waals surface area contributed by atoms with Crippen molar-refractivity contribution < 1.29 is 19.0 Å². The molecule has 82 valence electrons. The number of thiocarbonyl (C=S) groups is 1. The second-order valence-corrected chi connectivity index (χ2v) is 3.70. The van der Waals surface area contributed by atoms with Crippen molar-refractivity contribution in [2.75, 3.05) is 13.2 Å². The minimum atomic E-state index is -0.444. The maximum absolute atomic E-state index is 11.3. The van der Waals surface area contributed by atoms with Crippen LogP contribution in [-0.4, -0.2) is 30.8 Å². The van der Waals surface area contributed by atoms with Gasteiger partial charge in [0.2, 0.25) is 5.76 Å². The smallest absolute Gasteiger partial charge is 0.374 e. The second kappa shape index (κ2) is 4.72. The third-order valence-corrected chi connectivity index (χ3v) is 2.65. The van der Waals surface area contributed by atoms with Gasteiger partial charge in [-0.2, -0.15) is 0 Å². The molecular weight excluding hydrogens is 216 g/mol. The molecule has 1 fully saturated rings. The van der Waals surface area contributed by atoms with Gasteiger partial charge < -0.3 is 14.2 Å². The molecule has 1 saturated heterocycles.